The van der Waals surface area contributed by atoms with Gasteiger partial charge in [0.15, 0.2) is 0 Å². The number of amides is 1. The smallest absolute Gasteiger partial charge is 0.352 e. The maximum atomic E-state index is 12.4. The molecule has 2 aromatic heterocycles. The van der Waals surface area contributed by atoms with Gasteiger partial charge in [-0.2, -0.15) is 13.2 Å². The molecular formula is C17H14F3N3OS. The molecule has 0 saturated heterocycles. The number of hydrogen-bond acceptors (Lipinski definition) is 4. The van der Waals surface area contributed by atoms with Gasteiger partial charge in [-0.1, -0.05) is 12.1 Å². The number of thiazole rings is 1. The summed E-state index contributed by atoms with van der Waals surface area (Å²) in [6, 6.07) is 9.78. The van der Waals surface area contributed by atoms with E-state index in [1.165, 1.54) is 0 Å². The molecule has 0 fully saturated rings. The molecule has 8 heteroatoms. The maximum absolute atomic E-state index is 12.4. The Morgan fingerprint density at radius 1 is 1.16 bits per heavy atom. The molecule has 0 radical (unpaired) electrons. The molecule has 130 valence electrons. The Morgan fingerprint density at radius 2 is 1.96 bits per heavy atom. The van der Waals surface area contributed by atoms with Crippen LogP contribution in [0.5, 0.6) is 0 Å². The second kappa shape index (κ2) is 7.18. The maximum Gasteiger partial charge on any atom is 0.433 e. The fraction of sp³-hybridized carbons (Fsp3) is 0.235. The van der Waals surface area contributed by atoms with Crippen molar-refractivity contribution in [2.75, 3.05) is 6.54 Å². The molecule has 2 heterocycles. The van der Waals surface area contributed by atoms with Crippen LogP contribution in [-0.4, -0.2) is 22.4 Å². The molecule has 0 spiro atoms. The Labute approximate surface area is 145 Å². The highest BCUT2D eigenvalue weighted by atomic mass is 32.1. The van der Waals surface area contributed by atoms with Crippen molar-refractivity contribution >= 4 is 27.5 Å². The average Bonchev–Trinajstić information content (AvgIpc) is 3.00. The summed E-state index contributed by atoms with van der Waals surface area (Å²) in [4.78, 5) is 19.7. The number of nitrogens with one attached hydrogen (secondary N) is 1. The van der Waals surface area contributed by atoms with Gasteiger partial charge in [0.05, 0.1) is 20.8 Å². The molecule has 1 aromatic carbocycles. The van der Waals surface area contributed by atoms with Crippen LogP contribution in [0.3, 0.4) is 0 Å². The normalized spacial score (nSPS) is 11.6. The van der Waals surface area contributed by atoms with Crippen molar-refractivity contribution in [1.82, 2.24) is 15.3 Å². The van der Waals surface area contributed by atoms with Crippen LogP contribution in [0.2, 0.25) is 0 Å². The summed E-state index contributed by atoms with van der Waals surface area (Å²) in [7, 11) is 0. The van der Waals surface area contributed by atoms with Crippen LogP contribution in [0.15, 0.2) is 42.6 Å². The number of aromatic nitrogens is 2. The summed E-state index contributed by atoms with van der Waals surface area (Å²) in [5.74, 6) is -0.439. The van der Waals surface area contributed by atoms with E-state index in [-0.39, 0.29) is 5.56 Å². The molecule has 0 aliphatic rings. The minimum absolute atomic E-state index is 0.105. The predicted octanol–water partition coefficient (Wildman–Crippen LogP) is 4.07. The summed E-state index contributed by atoms with van der Waals surface area (Å²) in [5.41, 5.74) is 0.0511. The number of aryl methyl sites for hydroxylation is 1. The average molecular weight is 365 g/mol. The van der Waals surface area contributed by atoms with Gasteiger partial charge in [0.2, 0.25) is 0 Å². The lowest BCUT2D eigenvalue weighted by Gasteiger charge is -2.07. The molecule has 1 N–H and O–H groups in total. The van der Waals surface area contributed by atoms with E-state index in [0.29, 0.717) is 13.0 Å². The molecule has 0 unspecified atom stereocenters. The van der Waals surface area contributed by atoms with Gasteiger partial charge in [0, 0.05) is 19.2 Å². The fourth-order valence-corrected chi connectivity index (χ4v) is 3.28. The first-order chi connectivity index (χ1) is 11.9. The number of benzene rings is 1. The van der Waals surface area contributed by atoms with E-state index < -0.39 is 17.8 Å². The van der Waals surface area contributed by atoms with E-state index in [2.05, 4.69) is 15.3 Å². The van der Waals surface area contributed by atoms with Crippen molar-refractivity contribution in [3.8, 4) is 0 Å². The zero-order chi connectivity index (χ0) is 17.9. The zero-order valence-corrected chi connectivity index (χ0v) is 13.8. The standard InChI is InChI=1S/C17H14F3N3OS/c18-17(19,20)14-8-7-11(10-22-14)16(24)21-9-3-6-15-23-12-4-1-2-5-13(12)25-15/h1-2,4-5,7-8,10H,3,6,9H2,(H,21,24). The van der Waals surface area contributed by atoms with Crippen molar-refractivity contribution in [2.24, 2.45) is 0 Å². The minimum atomic E-state index is -4.51. The lowest BCUT2D eigenvalue weighted by Crippen LogP contribution is -2.25. The van der Waals surface area contributed by atoms with Crippen LogP contribution >= 0.6 is 11.3 Å². The first-order valence-corrected chi connectivity index (χ1v) is 8.41. The Morgan fingerprint density at radius 3 is 2.64 bits per heavy atom. The highest BCUT2D eigenvalue weighted by molar-refractivity contribution is 7.18. The largest absolute Gasteiger partial charge is 0.433 e. The quantitative estimate of drug-likeness (QED) is 0.694. The molecule has 0 bridgehead atoms. The molecule has 1 amide bonds. The second-order valence-corrected chi connectivity index (χ2v) is 6.48. The first kappa shape index (κ1) is 17.3. The van der Waals surface area contributed by atoms with Gasteiger partial charge < -0.3 is 5.32 Å². The van der Waals surface area contributed by atoms with E-state index in [1.807, 2.05) is 24.3 Å². The number of carbonyl (C=O) groups is 1. The SMILES string of the molecule is O=C(NCCCc1nc2ccccc2s1)c1ccc(C(F)(F)F)nc1. The van der Waals surface area contributed by atoms with Crippen LogP contribution in [0.4, 0.5) is 13.2 Å². The van der Waals surface area contributed by atoms with Crippen molar-refractivity contribution in [2.45, 2.75) is 19.0 Å². The van der Waals surface area contributed by atoms with Gasteiger partial charge in [-0.25, -0.2) is 4.98 Å². The zero-order valence-electron chi connectivity index (χ0n) is 13.0. The topological polar surface area (TPSA) is 54.9 Å². The lowest BCUT2D eigenvalue weighted by atomic mass is 10.2. The molecule has 0 aliphatic carbocycles. The highest BCUT2D eigenvalue weighted by Crippen LogP contribution is 2.27. The third-order valence-corrected chi connectivity index (χ3v) is 4.60. The van der Waals surface area contributed by atoms with E-state index >= 15 is 0 Å². The Bertz CT molecular complexity index is 842. The minimum Gasteiger partial charge on any atom is -0.352 e. The fourth-order valence-electron chi connectivity index (χ4n) is 2.27. The van der Waals surface area contributed by atoms with Gasteiger partial charge in [0.25, 0.3) is 5.91 Å². The molecule has 25 heavy (non-hydrogen) atoms. The van der Waals surface area contributed by atoms with Crippen LogP contribution in [0.25, 0.3) is 10.2 Å². The summed E-state index contributed by atoms with van der Waals surface area (Å²) in [5, 5.41) is 3.67. The van der Waals surface area contributed by atoms with Crippen LogP contribution in [0, 0.1) is 0 Å². The molecule has 0 saturated carbocycles. The van der Waals surface area contributed by atoms with Crippen LogP contribution in [0.1, 0.15) is 27.5 Å². The van der Waals surface area contributed by atoms with Gasteiger partial charge >= 0.3 is 6.18 Å². The number of alkyl halides is 3. The van der Waals surface area contributed by atoms with Gasteiger partial charge in [0.1, 0.15) is 5.69 Å². The van der Waals surface area contributed by atoms with Gasteiger partial charge in [-0.05, 0) is 30.7 Å². The number of nitrogens with zero attached hydrogens (tertiary/aromatic N) is 2. The number of carbonyl (C=O) groups excluding carboxylic acids is 1. The molecule has 3 aromatic rings. The van der Waals surface area contributed by atoms with Gasteiger partial charge in [-0.3, -0.25) is 9.78 Å². The number of pyridine rings is 1. The first-order valence-electron chi connectivity index (χ1n) is 7.59. The number of halogens is 3. The molecule has 3 rings (SSSR count). The molecular weight excluding hydrogens is 351 g/mol. The van der Waals surface area contributed by atoms with Crippen molar-refractivity contribution in [3.05, 3.63) is 58.9 Å². The summed E-state index contributed by atoms with van der Waals surface area (Å²) >= 11 is 1.62. The van der Waals surface area contributed by atoms with Crippen molar-refractivity contribution in [1.29, 1.82) is 0 Å². The van der Waals surface area contributed by atoms with Crippen molar-refractivity contribution < 1.29 is 18.0 Å². The van der Waals surface area contributed by atoms with E-state index in [4.69, 9.17) is 0 Å². The Kier molecular flexibility index (Phi) is 4.98. The van der Waals surface area contributed by atoms with Crippen molar-refractivity contribution in [3.63, 3.8) is 0 Å². The van der Waals surface area contributed by atoms with E-state index in [9.17, 15) is 18.0 Å². The summed E-state index contributed by atoms with van der Waals surface area (Å²) < 4.78 is 38.4. The molecule has 4 nitrogen and oxygen atoms in total. The third-order valence-electron chi connectivity index (χ3n) is 3.51. The number of hydrogen-bond donors (Lipinski definition) is 1. The van der Waals surface area contributed by atoms with E-state index in [1.54, 1.807) is 11.3 Å². The number of rotatable bonds is 5. The lowest BCUT2D eigenvalue weighted by molar-refractivity contribution is -0.141. The molecule has 0 atom stereocenters. The van der Waals surface area contributed by atoms with Gasteiger partial charge in [-0.15, -0.1) is 11.3 Å². The second-order valence-electron chi connectivity index (χ2n) is 5.36. The highest BCUT2D eigenvalue weighted by Gasteiger charge is 2.32. The Hall–Kier alpha value is -2.48. The van der Waals surface area contributed by atoms with E-state index in [0.717, 1.165) is 40.0 Å². The summed E-state index contributed by atoms with van der Waals surface area (Å²) in [6.45, 7) is 0.412. The predicted molar refractivity (Wildman–Crippen MR) is 89.5 cm³/mol. The number of fused-ring (bicyclic) bond motifs is 1. The summed E-state index contributed by atoms with van der Waals surface area (Å²) in [6.07, 6.45) is -2.15. The Balaban J connectivity index is 1.49. The molecule has 0 aliphatic heterocycles. The monoisotopic (exact) mass is 365 g/mol. The third kappa shape index (κ3) is 4.33. The van der Waals surface area contributed by atoms with Crippen LogP contribution in [-0.2, 0) is 12.6 Å². The number of para-hydroxylation sites is 1. The van der Waals surface area contributed by atoms with Crippen LogP contribution < -0.4 is 5.32 Å².